The lowest BCUT2D eigenvalue weighted by Gasteiger charge is -2.15. The number of rotatable bonds is 4. The highest BCUT2D eigenvalue weighted by molar-refractivity contribution is 7.09. The van der Waals surface area contributed by atoms with Gasteiger partial charge in [0.1, 0.15) is 0 Å². The number of hydrogen-bond donors (Lipinski definition) is 2. The number of nitrogens with zero attached hydrogens (tertiary/aromatic N) is 1. The normalized spacial score (nSPS) is 26.9. The van der Waals surface area contributed by atoms with E-state index in [-0.39, 0.29) is 0 Å². The molecule has 0 bridgehead atoms. The van der Waals surface area contributed by atoms with E-state index < -0.39 is 0 Å². The number of nitrogens with two attached hydrogens (primary N) is 1. The van der Waals surface area contributed by atoms with Gasteiger partial charge in [0.15, 0.2) is 0 Å². The number of hydrogen-bond acceptors (Lipinski definition) is 4. The van der Waals surface area contributed by atoms with Crippen LogP contribution in [0, 0.1) is 5.92 Å². The Bertz CT molecular complexity index is 260. The third-order valence-electron chi connectivity index (χ3n) is 2.91. The van der Waals surface area contributed by atoms with Crippen molar-refractivity contribution in [2.45, 2.75) is 31.8 Å². The van der Waals surface area contributed by atoms with Gasteiger partial charge < -0.3 is 11.1 Å². The summed E-state index contributed by atoms with van der Waals surface area (Å²) in [6.45, 7) is 1.99. The van der Waals surface area contributed by atoms with Gasteiger partial charge >= 0.3 is 0 Å². The quantitative estimate of drug-likeness (QED) is 0.790. The topological polar surface area (TPSA) is 50.9 Å². The molecule has 1 aromatic heterocycles. The largest absolute Gasteiger partial charge is 0.327 e. The molecule has 14 heavy (non-hydrogen) atoms. The third-order valence-corrected chi connectivity index (χ3v) is 3.69. The van der Waals surface area contributed by atoms with Crippen LogP contribution in [0.4, 0.5) is 0 Å². The van der Waals surface area contributed by atoms with E-state index in [0.717, 1.165) is 13.1 Å². The zero-order valence-electron chi connectivity index (χ0n) is 8.28. The van der Waals surface area contributed by atoms with Crippen LogP contribution in [0.2, 0.25) is 0 Å². The maximum absolute atomic E-state index is 5.99. The Morgan fingerprint density at radius 3 is 3.14 bits per heavy atom. The fourth-order valence-corrected chi connectivity index (χ4v) is 2.59. The van der Waals surface area contributed by atoms with Crippen molar-refractivity contribution in [3.05, 3.63) is 16.6 Å². The Morgan fingerprint density at radius 1 is 1.57 bits per heavy atom. The lowest BCUT2D eigenvalue weighted by atomic mass is 10.1. The Labute approximate surface area is 88.7 Å². The lowest BCUT2D eigenvalue weighted by Crippen LogP contribution is -2.32. The van der Waals surface area contributed by atoms with Gasteiger partial charge in [0, 0.05) is 23.7 Å². The lowest BCUT2D eigenvalue weighted by molar-refractivity contribution is 0.443. The highest BCUT2D eigenvalue weighted by Gasteiger charge is 2.22. The second kappa shape index (κ2) is 4.87. The van der Waals surface area contributed by atoms with Gasteiger partial charge in [0.2, 0.25) is 0 Å². The van der Waals surface area contributed by atoms with Crippen LogP contribution in [0.3, 0.4) is 0 Å². The molecule has 2 rings (SSSR count). The van der Waals surface area contributed by atoms with Crippen molar-refractivity contribution < 1.29 is 0 Å². The van der Waals surface area contributed by atoms with Crippen LogP contribution in [0.25, 0.3) is 0 Å². The summed E-state index contributed by atoms with van der Waals surface area (Å²) in [6.07, 6.45) is 5.71. The summed E-state index contributed by atoms with van der Waals surface area (Å²) in [7, 11) is 0. The molecule has 0 spiro atoms. The van der Waals surface area contributed by atoms with Gasteiger partial charge in [0.05, 0.1) is 5.51 Å². The van der Waals surface area contributed by atoms with Gasteiger partial charge in [-0.1, -0.05) is 6.42 Å². The summed E-state index contributed by atoms with van der Waals surface area (Å²) in [5.74, 6) is 0.683. The Morgan fingerprint density at radius 2 is 2.50 bits per heavy atom. The average Bonchev–Trinajstić information content (AvgIpc) is 2.78. The second-order valence-corrected chi connectivity index (χ2v) is 4.92. The van der Waals surface area contributed by atoms with Crippen molar-refractivity contribution in [3.63, 3.8) is 0 Å². The molecule has 78 valence electrons. The molecule has 1 aromatic rings. The molecule has 0 amide bonds. The van der Waals surface area contributed by atoms with E-state index in [9.17, 15) is 0 Å². The van der Waals surface area contributed by atoms with Gasteiger partial charge in [-0.3, -0.25) is 4.98 Å². The predicted octanol–water partition coefficient (Wildman–Crippen LogP) is 1.36. The first-order chi connectivity index (χ1) is 6.86. The number of thiazole rings is 1. The molecule has 1 heterocycles. The van der Waals surface area contributed by atoms with Crippen LogP contribution in [-0.4, -0.2) is 17.6 Å². The summed E-state index contributed by atoms with van der Waals surface area (Å²) in [6, 6.07) is 0.420. The number of nitrogens with one attached hydrogen (secondary N) is 1. The van der Waals surface area contributed by atoms with Crippen LogP contribution >= 0.6 is 11.3 Å². The molecular formula is C10H17N3S. The first kappa shape index (κ1) is 10.1. The third kappa shape index (κ3) is 2.53. The van der Waals surface area contributed by atoms with Gasteiger partial charge in [-0.25, -0.2) is 0 Å². The first-order valence-corrected chi connectivity index (χ1v) is 6.08. The van der Waals surface area contributed by atoms with Gasteiger partial charge in [-0.2, -0.15) is 0 Å². The highest BCUT2D eigenvalue weighted by Crippen LogP contribution is 2.23. The molecule has 2 atom stereocenters. The molecular weight excluding hydrogens is 194 g/mol. The highest BCUT2D eigenvalue weighted by atomic mass is 32.1. The minimum atomic E-state index is 0.420. The molecule has 1 fully saturated rings. The van der Waals surface area contributed by atoms with Gasteiger partial charge in [0.25, 0.3) is 0 Å². The summed E-state index contributed by atoms with van der Waals surface area (Å²) in [4.78, 5) is 5.34. The van der Waals surface area contributed by atoms with Crippen molar-refractivity contribution in [2.75, 3.05) is 6.54 Å². The Hall–Kier alpha value is -0.450. The number of aromatic nitrogens is 1. The zero-order valence-corrected chi connectivity index (χ0v) is 9.09. The first-order valence-electron chi connectivity index (χ1n) is 5.20. The van der Waals surface area contributed by atoms with Gasteiger partial charge in [-0.05, 0) is 25.3 Å². The standard InChI is InChI=1S/C10H17N3S/c11-10-3-1-2-8(10)4-12-5-9-6-13-7-14-9/h6-8,10,12H,1-5,11H2. The van der Waals surface area contributed by atoms with Crippen LogP contribution in [0.15, 0.2) is 11.7 Å². The van der Waals surface area contributed by atoms with Crippen LogP contribution in [-0.2, 0) is 6.54 Å². The van der Waals surface area contributed by atoms with E-state index in [0.29, 0.717) is 12.0 Å². The smallest absolute Gasteiger partial charge is 0.0794 e. The van der Waals surface area contributed by atoms with E-state index in [1.54, 1.807) is 11.3 Å². The van der Waals surface area contributed by atoms with E-state index in [1.165, 1.54) is 24.1 Å². The maximum atomic E-state index is 5.99. The van der Waals surface area contributed by atoms with Crippen molar-refractivity contribution in [2.24, 2.45) is 11.7 Å². The van der Waals surface area contributed by atoms with Crippen LogP contribution < -0.4 is 11.1 Å². The molecule has 2 unspecified atom stereocenters. The molecule has 0 radical (unpaired) electrons. The van der Waals surface area contributed by atoms with Crippen LogP contribution in [0.5, 0.6) is 0 Å². The van der Waals surface area contributed by atoms with Crippen LogP contribution in [0.1, 0.15) is 24.1 Å². The van der Waals surface area contributed by atoms with Gasteiger partial charge in [-0.15, -0.1) is 11.3 Å². The maximum Gasteiger partial charge on any atom is 0.0794 e. The Kier molecular flexibility index (Phi) is 3.50. The summed E-state index contributed by atoms with van der Waals surface area (Å²) < 4.78 is 0. The average molecular weight is 211 g/mol. The van der Waals surface area contributed by atoms with E-state index in [2.05, 4.69) is 10.3 Å². The van der Waals surface area contributed by atoms with Crippen molar-refractivity contribution in [1.29, 1.82) is 0 Å². The van der Waals surface area contributed by atoms with E-state index >= 15 is 0 Å². The molecule has 4 heteroatoms. The summed E-state index contributed by atoms with van der Waals surface area (Å²) >= 11 is 1.70. The fraction of sp³-hybridized carbons (Fsp3) is 0.700. The summed E-state index contributed by atoms with van der Waals surface area (Å²) in [5.41, 5.74) is 7.86. The molecule has 0 aliphatic heterocycles. The minimum Gasteiger partial charge on any atom is -0.327 e. The van der Waals surface area contributed by atoms with Crippen molar-refractivity contribution >= 4 is 11.3 Å². The van der Waals surface area contributed by atoms with E-state index in [1.807, 2.05) is 11.7 Å². The van der Waals surface area contributed by atoms with E-state index in [4.69, 9.17) is 5.73 Å². The molecule has 3 N–H and O–H groups in total. The van der Waals surface area contributed by atoms with Crippen molar-refractivity contribution in [1.82, 2.24) is 10.3 Å². The predicted molar refractivity (Wildman–Crippen MR) is 59.1 cm³/mol. The SMILES string of the molecule is NC1CCCC1CNCc1cncs1. The molecule has 3 nitrogen and oxygen atoms in total. The minimum absolute atomic E-state index is 0.420. The zero-order chi connectivity index (χ0) is 9.80. The van der Waals surface area contributed by atoms with Crippen molar-refractivity contribution in [3.8, 4) is 0 Å². The second-order valence-electron chi connectivity index (χ2n) is 3.95. The molecule has 1 aliphatic carbocycles. The monoisotopic (exact) mass is 211 g/mol. The summed E-state index contributed by atoms with van der Waals surface area (Å²) in [5, 5.41) is 3.45. The Balaban J connectivity index is 1.68. The molecule has 0 aromatic carbocycles. The molecule has 1 aliphatic rings. The molecule has 0 saturated heterocycles. The molecule has 1 saturated carbocycles. The fourth-order valence-electron chi connectivity index (χ4n) is 2.03.